The molecule has 3 aromatic carbocycles. The second-order valence-corrected chi connectivity index (χ2v) is 7.42. The van der Waals surface area contributed by atoms with E-state index in [4.69, 9.17) is 19.9 Å². The molecule has 0 unspecified atom stereocenters. The van der Waals surface area contributed by atoms with Crippen LogP contribution in [0.1, 0.15) is 5.56 Å². The van der Waals surface area contributed by atoms with Crippen LogP contribution in [0.25, 0.3) is 11.1 Å². The topological polar surface area (TPSA) is 109 Å². The third kappa shape index (κ3) is 5.94. The van der Waals surface area contributed by atoms with Crippen LogP contribution in [-0.4, -0.2) is 23.0 Å². The van der Waals surface area contributed by atoms with Gasteiger partial charge in [0.1, 0.15) is 36.0 Å². The van der Waals surface area contributed by atoms with Crippen LogP contribution in [0, 0.1) is 0 Å². The van der Waals surface area contributed by atoms with Crippen molar-refractivity contribution in [3.05, 3.63) is 97.3 Å². The van der Waals surface area contributed by atoms with E-state index < -0.39 is 0 Å². The fourth-order valence-electron chi connectivity index (χ4n) is 3.28. The average Bonchev–Trinajstić information content (AvgIpc) is 2.88. The molecule has 0 atom stereocenters. The van der Waals surface area contributed by atoms with Gasteiger partial charge in [-0.25, -0.2) is 9.97 Å². The van der Waals surface area contributed by atoms with E-state index in [1.807, 2.05) is 48.5 Å². The SMILES string of the molecule is C=CC(=O)Nc1cccc(Oc2ncnc(N)c2-c2ccc(OCc3ccc(OC)cc3)cc2)c1. The summed E-state index contributed by atoms with van der Waals surface area (Å²) in [5, 5.41) is 2.70. The summed E-state index contributed by atoms with van der Waals surface area (Å²) in [6, 6.07) is 22.1. The molecule has 0 aliphatic rings. The number of nitrogens with zero attached hydrogens (tertiary/aromatic N) is 2. The molecule has 0 saturated heterocycles. The van der Waals surface area contributed by atoms with Crippen LogP contribution in [0.2, 0.25) is 0 Å². The highest BCUT2D eigenvalue weighted by atomic mass is 16.5. The van der Waals surface area contributed by atoms with Crippen molar-refractivity contribution in [1.82, 2.24) is 9.97 Å². The Balaban J connectivity index is 1.50. The maximum atomic E-state index is 11.6. The van der Waals surface area contributed by atoms with E-state index in [0.717, 1.165) is 16.9 Å². The van der Waals surface area contributed by atoms with Gasteiger partial charge in [0.2, 0.25) is 11.8 Å². The summed E-state index contributed by atoms with van der Waals surface area (Å²) in [5.74, 6) is 2.23. The second-order valence-electron chi connectivity index (χ2n) is 7.42. The number of nitrogens with one attached hydrogen (secondary N) is 1. The molecule has 176 valence electrons. The number of nitrogen functional groups attached to an aromatic ring is 1. The van der Waals surface area contributed by atoms with Gasteiger partial charge in [-0.15, -0.1) is 0 Å². The zero-order valence-electron chi connectivity index (χ0n) is 19.1. The number of amides is 1. The number of ether oxygens (including phenoxy) is 3. The van der Waals surface area contributed by atoms with Crippen LogP contribution in [-0.2, 0) is 11.4 Å². The van der Waals surface area contributed by atoms with Crippen molar-refractivity contribution in [2.24, 2.45) is 0 Å². The molecule has 3 N–H and O–H groups in total. The fraction of sp³-hybridized carbons (Fsp3) is 0.0741. The van der Waals surface area contributed by atoms with E-state index in [0.29, 0.717) is 29.4 Å². The van der Waals surface area contributed by atoms with Gasteiger partial charge in [-0.1, -0.05) is 36.9 Å². The number of hydrogen-bond acceptors (Lipinski definition) is 7. The van der Waals surface area contributed by atoms with Gasteiger partial charge < -0.3 is 25.3 Å². The number of rotatable bonds is 9. The Morgan fingerprint density at radius 3 is 2.46 bits per heavy atom. The van der Waals surface area contributed by atoms with Crippen LogP contribution < -0.4 is 25.3 Å². The van der Waals surface area contributed by atoms with Gasteiger partial charge in [-0.2, -0.15) is 0 Å². The quantitative estimate of drug-likeness (QED) is 0.324. The molecule has 0 radical (unpaired) electrons. The summed E-state index contributed by atoms with van der Waals surface area (Å²) >= 11 is 0. The molecule has 0 fully saturated rings. The van der Waals surface area contributed by atoms with Crippen LogP contribution >= 0.6 is 0 Å². The zero-order valence-corrected chi connectivity index (χ0v) is 19.1. The van der Waals surface area contributed by atoms with E-state index in [9.17, 15) is 4.79 Å². The number of anilines is 2. The molecular weight excluding hydrogens is 444 g/mol. The number of aromatic nitrogens is 2. The number of nitrogens with two attached hydrogens (primary N) is 1. The Bertz CT molecular complexity index is 1320. The number of carbonyl (C=O) groups excluding carboxylic acids is 1. The lowest BCUT2D eigenvalue weighted by Crippen LogP contribution is -2.07. The Kier molecular flexibility index (Phi) is 7.22. The molecular formula is C27H24N4O4. The molecule has 0 spiro atoms. The molecule has 1 aromatic heterocycles. The standard InChI is InChI=1S/C27H24N4O4/c1-3-24(32)31-20-5-4-6-23(15-20)35-27-25(26(28)29-17-30-27)19-9-13-22(14-10-19)34-16-18-7-11-21(33-2)12-8-18/h3-15,17H,1,16H2,2H3,(H,31,32)(H2,28,29,30). The largest absolute Gasteiger partial charge is 0.497 e. The zero-order chi connectivity index (χ0) is 24.6. The minimum atomic E-state index is -0.316. The van der Waals surface area contributed by atoms with Gasteiger partial charge in [0.05, 0.1) is 12.7 Å². The van der Waals surface area contributed by atoms with Crippen LogP contribution in [0.4, 0.5) is 11.5 Å². The molecule has 35 heavy (non-hydrogen) atoms. The molecule has 1 amide bonds. The fourth-order valence-corrected chi connectivity index (χ4v) is 3.28. The normalized spacial score (nSPS) is 10.3. The van der Waals surface area contributed by atoms with Gasteiger partial charge >= 0.3 is 0 Å². The predicted molar refractivity (Wildman–Crippen MR) is 135 cm³/mol. The summed E-state index contributed by atoms with van der Waals surface area (Å²) in [6.45, 7) is 3.88. The number of benzene rings is 3. The predicted octanol–water partition coefficient (Wildman–Crippen LogP) is 5.23. The maximum absolute atomic E-state index is 11.6. The van der Waals surface area contributed by atoms with Crippen LogP contribution in [0.5, 0.6) is 23.1 Å². The molecule has 0 saturated carbocycles. The second kappa shape index (κ2) is 10.8. The summed E-state index contributed by atoms with van der Waals surface area (Å²) in [4.78, 5) is 20.0. The van der Waals surface area contributed by atoms with Crippen molar-refractivity contribution >= 4 is 17.4 Å². The lowest BCUT2D eigenvalue weighted by molar-refractivity contribution is -0.111. The van der Waals surface area contributed by atoms with E-state index in [1.165, 1.54) is 12.4 Å². The first-order valence-corrected chi connectivity index (χ1v) is 10.7. The van der Waals surface area contributed by atoms with E-state index in [-0.39, 0.29) is 17.6 Å². The molecule has 0 aliphatic heterocycles. The molecule has 0 bridgehead atoms. The summed E-state index contributed by atoms with van der Waals surface area (Å²) in [5.41, 5.74) is 9.09. The molecule has 4 aromatic rings. The minimum absolute atomic E-state index is 0.276. The molecule has 8 heteroatoms. The van der Waals surface area contributed by atoms with Crippen molar-refractivity contribution in [3.63, 3.8) is 0 Å². The van der Waals surface area contributed by atoms with Crippen LogP contribution in [0.3, 0.4) is 0 Å². The Morgan fingerprint density at radius 2 is 1.74 bits per heavy atom. The lowest BCUT2D eigenvalue weighted by Gasteiger charge is -2.13. The first-order valence-electron chi connectivity index (χ1n) is 10.7. The van der Waals surface area contributed by atoms with Crippen LogP contribution in [0.15, 0.2) is 91.8 Å². The molecule has 8 nitrogen and oxygen atoms in total. The first-order chi connectivity index (χ1) is 17.1. The van der Waals surface area contributed by atoms with Crippen molar-refractivity contribution in [2.75, 3.05) is 18.2 Å². The van der Waals surface area contributed by atoms with Gasteiger partial charge in [-0.3, -0.25) is 4.79 Å². The third-order valence-corrected chi connectivity index (χ3v) is 5.05. The number of methoxy groups -OCH3 is 1. The smallest absolute Gasteiger partial charge is 0.247 e. The Labute approximate surface area is 203 Å². The van der Waals surface area contributed by atoms with Gasteiger partial charge in [0, 0.05) is 11.8 Å². The highest BCUT2D eigenvalue weighted by Crippen LogP contribution is 2.36. The van der Waals surface area contributed by atoms with Gasteiger partial charge in [-0.05, 0) is 53.6 Å². The lowest BCUT2D eigenvalue weighted by atomic mass is 10.1. The monoisotopic (exact) mass is 468 g/mol. The van der Waals surface area contributed by atoms with Gasteiger partial charge in [0.25, 0.3) is 0 Å². The van der Waals surface area contributed by atoms with Crippen molar-refractivity contribution in [1.29, 1.82) is 0 Å². The molecule has 0 aliphatic carbocycles. The summed E-state index contributed by atoms with van der Waals surface area (Å²) in [7, 11) is 1.63. The van der Waals surface area contributed by atoms with Crippen molar-refractivity contribution in [3.8, 4) is 34.3 Å². The van der Waals surface area contributed by atoms with Gasteiger partial charge in [0.15, 0.2) is 0 Å². The molecule has 1 heterocycles. The Morgan fingerprint density at radius 1 is 1.00 bits per heavy atom. The van der Waals surface area contributed by atoms with E-state index >= 15 is 0 Å². The first kappa shape index (κ1) is 23.3. The number of hydrogen-bond donors (Lipinski definition) is 2. The van der Waals surface area contributed by atoms with Crippen molar-refractivity contribution in [2.45, 2.75) is 6.61 Å². The van der Waals surface area contributed by atoms with Crippen molar-refractivity contribution < 1.29 is 19.0 Å². The highest BCUT2D eigenvalue weighted by molar-refractivity contribution is 5.98. The maximum Gasteiger partial charge on any atom is 0.247 e. The average molecular weight is 469 g/mol. The van der Waals surface area contributed by atoms with E-state index in [2.05, 4.69) is 21.9 Å². The summed E-state index contributed by atoms with van der Waals surface area (Å²) < 4.78 is 17.1. The Hall–Kier alpha value is -4.85. The molecule has 4 rings (SSSR count). The highest BCUT2D eigenvalue weighted by Gasteiger charge is 2.15. The summed E-state index contributed by atoms with van der Waals surface area (Å²) in [6.07, 6.45) is 2.53. The minimum Gasteiger partial charge on any atom is -0.497 e. The van der Waals surface area contributed by atoms with E-state index in [1.54, 1.807) is 31.4 Å². The third-order valence-electron chi connectivity index (χ3n) is 5.05. The number of carbonyl (C=O) groups is 1.